The van der Waals surface area contributed by atoms with E-state index < -0.39 is 6.29 Å². The molecule has 3 heterocycles. The molecular formula is C37H24N4S. The van der Waals surface area contributed by atoms with Crippen LogP contribution in [0.25, 0.3) is 43.7 Å². The molecule has 2 aliphatic rings. The Labute approximate surface area is 247 Å². The highest BCUT2D eigenvalue weighted by molar-refractivity contribution is 7.99. The number of para-hydroxylation sites is 1. The van der Waals surface area contributed by atoms with Crippen molar-refractivity contribution in [2.45, 2.75) is 16.1 Å². The van der Waals surface area contributed by atoms with Gasteiger partial charge in [-0.05, 0) is 40.8 Å². The van der Waals surface area contributed by atoms with Gasteiger partial charge in [-0.15, -0.1) is 0 Å². The third-order valence-electron chi connectivity index (χ3n) is 8.24. The number of nitrogens with zero attached hydrogens (tertiary/aromatic N) is 3. The monoisotopic (exact) mass is 556 g/mol. The van der Waals surface area contributed by atoms with E-state index in [0.29, 0.717) is 0 Å². The van der Waals surface area contributed by atoms with Gasteiger partial charge in [-0.2, -0.15) is 0 Å². The maximum Gasteiger partial charge on any atom is 0.224 e. The average Bonchev–Trinajstić information content (AvgIpc) is 3.38. The van der Waals surface area contributed by atoms with Crippen molar-refractivity contribution >= 4 is 56.0 Å². The van der Waals surface area contributed by atoms with Gasteiger partial charge >= 0.3 is 0 Å². The molecule has 5 heteroatoms. The smallest absolute Gasteiger partial charge is 0.224 e. The zero-order valence-corrected chi connectivity index (χ0v) is 23.3. The molecule has 0 fully saturated rings. The second-order valence-corrected chi connectivity index (χ2v) is 11.8. The van der Waals surface area contributed by atoms with Crippen LogP contribution in [0.15, 0.2) is 153 Å². The van der Waals surface area contributed by atoms with Gasteiger partial charge in [0, 0.05) is 37.1 Å². The Hall–Kier alpha value is -5.13. The second-order valence-electron chi connectivity index (χ2n) is 10.7. The summed E-state index contributed by atoms with van der Waals surface area (Å²) in [5.74, 6) is 1.63. The van der Waals surface area contributed by atoms with E-state index in [2.05, 4.69) is 107 Å². The van der Waals surface area contributed by atoms with Crippen LogP contribution in [0.2, 0.25) is 0 Å². The van der Waals surface area contributed by atoms with Gasteiger partial charge in [-0.25, -0.2) is 9.98 Å². The first-order valence-corrected chi connectivity index (χ1v) is 14.9. The van der Waals surface area contributed by atoms with E-state index in [1.54, 1.807) is 0 Å². The van der Waals surface area contributed by atoms with Gasteiger partial charge in [-0.1, -0.05) is 121 Å². The molecule has 7 aromatic rings. The Morgan fingerprint density at radius 1 is 0.548 bits per heavy atom. The van der Waals surface area contributed by atoms with Gasteiger partial charge in [0.1, 0.15) is 11.7 Å². The van der Waals surface area contributed by atoms with E-state index in [1.807, 2.05) is 48.2 Å². The van der Waals surface area contributed by atoms with E-state index in [4.69, 9.17) is 9.98 Å². The van der Waals surface area contributed by atoms with Gasteiger partial charge in [0.05, 0.1) is 11.0 Å². The molecule has 0 saturated carbocycles. The highest BCUT2D eigenvalue weighted by atomic mass is 32.2. The molecule has 9 rings (SSSR count). The average molecular weight is 557 g/mol. The van der Waals surface area contributed by atoms with Crippen LogP contribution >= 0.6 is 11.8 Å². The number of aliphatic imine (C=N–C) groups is 2. The molecule has 0 radical (unpaired) electrons. The van der Waals surface area contributed by atoms with Crippen molar-refractivity contribution in [2.24, 2.45) is 9.98 Å². The second kappa shape index (κ2) is 9.20. The largest absolute Gasteiger partial charge is 0.324 e. The summed E-state index contributed by atoms with van der Waals surface area (Å²) in [6, 6.07) is 47.2. The van der Waals surface area contributed by atoms with Gasteiger partial charge in [-0.3, -0.25) is 4.57 Å². The highest BCUT2D eigenvalue weighted by Crippen LogP contribution is 2.50. The molecule has 1 aromatic heterocycles. The van der Waals surface area contributed by atoms with Crippen LogP contribution in [0, 0.1) is 0 Å². The first-order chi connectivity index (χ1) is 20.8. The Morgan fingerprint density at radius 3 is 1.95 bits per heavy atom. The maximum atomic E-state index is 5.23. The van der Waals surface area contributed by atoms with Gasteiger partial charge in [0.25, 0.3) is 0 Å². The van der Waals surface area contributed by atoms with Crippen LogP contribution in [0.1, 0.15) is 17.4 Å². The van der Waals surface area contributed by atoms with Crippen LogP contribution in [-0.4, -0.2) is 16.2 Å². The minimum absolute atomic E-state index is 0.476. The van der Waals surface area contributed by atoms with E-state index in [-0.39, 0.29) is 0 Å². The Bertz CT molecular complexity index is 2190. The summed E-state index contributed by atoms with van der Waals surface area (Å²) in [6.07, 6.45) is -0.476. The third-order valence-corrected chi connectivity index (χ3v) is 9.36. The summed E-state index contributed by atoms with van der Waals surface area (Å²) in [5, 5.41) is 8.56. The molecule has 0 aliphatic carbocycles. The van der Waals surface area contributed by atoms with Crippen molar-refractivity contribution in [1.29, 1.82) is 0 Å². The predicted molar refractivity (Wildman–Crippen MR) is 175 cm³/mol. The summed E-state index contributed by atoms with van der Waals surface area (Å²) >= 11 is 1.86. The van der Waals surface area contributed by atoms with E-state index in [1.165, 1.54) is 42.5 Å². The van der Waals surface area contributed by atoms with Crippen molar-refractivity contribution in [3.05, 3.63) is 145 Å². The molecule has 198 valence electrons. The fraction of sp³-hybridized carbons (Fsp3) is 0.0270. The summed E-state index contributed by atoms with van der Waals surface area (Å²) in [4.78, 5) is 13.1. The van der Waals surface area contributed by atoms with E-state index >= 15 is 0 Å². The van der Waals surface area contributed by atoms with Crippen LogP contribution in [0.5, 0.6) is 0 Å². The molecular weight excluding hydrogens is 533 g/mol. The van der Waals surface area contributed by atoms with Crippen LogP contribution in [0.3, 0.4) is 0 Å². The molecule has 1 N–H and O–H groups in total. The van der Waals surface area contributed by atoms with Crippen molar-refractivity contribution in [3.63, 3.8) is 0 Å². The standard InChI is InChI=1S/C37H24N4S/c1-3-11-24(12-4-1)35-38-36(25-13-5-2-6-14-25)40-37(39-35)41-30-19-8-7-17-26(30)28-22-33-29(21-31(28)41)27-18-9-15-23-16-10-20-32(42-33)34(23)27/h1-22,37H,(H,38,39,40). The van der Waals surface area contributed by atoms with Crippen LogP contribution < -0.4 is 5.32 Å². The molecule has 2 aliphatic heterocycles. The lowest BCUT2D eigenvalue weighted by Crippen LogP contribution is -2.36. The van der Waals surface area contributed by atoms with Gasteiger partial charge < -0.3 is 5.32 Å². The summed E-state index contributed by atoms with van der Waals surface area (Å²) in [7, 11) is 0. The third kappa shape index (κ3) is 3.57. The normalized spacial score (nSPS) is 14.5. The highest BCUT2D eigenvalue weighted by Gasteiger charge is 2.26. The zero-order chi connectivity index (χ0) is 27.6. The molecule has 6 aromatic carbocycles. The van der Waals surface area contributed by atoms with Crippen molar-refractivity contribution in [2.75, 3.05) is 0 Å². The van der Waals surface area contributed by atoms with Gasteiger partial charge in [0.15, 0.2) is 0 Å². The number of benzene rings is 6. The van der Waals surface area contributed by atoms with E-state index in [9.17, 15) is 0 Å². The molecule has 0 atom stereocenters. The number of hydrogen-bond acceptors (Lipinski definition) is 4. The lowest BCUT2D eigenvalue weighted by Gasteiger charge is -2.25. The quantitative estimate of drug-likeness (QED) is 0.236. The number of aromatic nitrogens is 1. The number of hydrogen-bond donors (Lipinski definition) is 1. The number of rotatable bonds is 3. The Morgan fingerprint density at radius 2 is 1.21 bits per heavy atom. The first kappa shape index (κ1) is 23.6. The molecule has 0 amide bonds. The molecule has 0 spiro atoms. The van der Waals surface area contributed by atoms with Crippen molar-refractivity contribution < 1.29 is 0 Å². The molecule has 0 saturated heterocycles. The summed E-state index contributed by atoms with van der Waals surface area (Å²) in [5.41, 5.74) is 6.85. The lowest BCUT2D eigenvalue weighted by atomic mass is 9.96. The summed E-state index contributed by atoms with van der Waals surface area (Å²) in [6.45, 7) is 0. The number of nitrogens with one attached hydrogen (secondary N) is 1. The molecule has 42 heavy (non-hydrogen) atoms. The lowest BCUT2D eigenvalue weighted by molar-refractivity contribution is 0.575. The first-order valence-electron chi connectivity index (χ1n) is 14.1. The van der Waals surface area contributed by atoms with E-state index in [0.717, 1.165) is 33.8 Å². The topological polar surface area (TPSA) is 41.7 Å². The predicted octanol–water partition coefficient (Wildman–Crippen LogP) is 9.03. The van der Waals surface area contributed by atoms with Crippen molar-refractivity contribution in [3.8, 4) is 11.1 Å². The SMILES string of the molecule is c1ccc(C2=NC(n3c4ccccc4c4cc5c(cc43)-c3cccc4cccc(c34)S5)N=C(c3ccccc3)N2)cc1. The van der Waals surface area contributed by atoms with Crippen molar-refractivity contribution in [1.82, 2.24) is 9.88 Å². The van der Waals surface area contributed by atoms with Gasteiger partial charge in [0.2, 0.25) is 6.29 Å². The summed E-state index contributed by atoms with van der Waals surface area (Å²) < 4.78 is 2.31. The Kier molecular flexibility index (Phi) is 5.16. The molecule has 4 nitrogen and oxygen atoms in total. The van der Waals surface area contributed by atoms with Crippen LogP contribution in [0.4, 0.5) is 0 Å². The zero-order valence-electron chi connectivity index (χ0n) is 22.5. The number of fused-ring (bicyclic) bond motifs is 5. The fourth-order valence-electron chi connectivity index (χ4n) is 6.34. The number of amidine groups is 2. The maximum absolute atomic E-state index is 5.23. The fourth-order valence-corrected chi connectivity index (χ4v) is 7.51. The molecule has 0 bridgehead atoms. The minimum Gasteiger partial charge on any atom is -0.324 e. The van der Waals surface area contributed by atoms with Crippen LogP contribution in [-0.2, 0) is 0 Å². The Balaban J connectivity index is 1.33. The minimum atomic E-state index is -0.476. The molecule has 0 unspecified atom stereocenters.